The average molecular weight is 214 g/mol. The largest absolute Gasteiger partial charge is 0.469 e. The van der Waals surface area contributed by atoms with Gasteiger partial charge in [-0.2, -0.15) is 0 Å². The first-order valence-corrected chi connectivity index (χ1v) is 5.69. The predicted octanol–water partition coefficient (Wildman–Crippen LogP) is 2.73. The SMILES string of the molecule is CCCCCC(CCC(=O)OC)C(C)=O. The van der Waals surface area contributed by atoms with Crippen molar-refractivity contribution in [3.63, 3.8) is 0 Å². The average Bonchev–Trinajstić information content (AvgIpc) is 2.22. The summed E-state index contributed by atoms with van der Waals surface area (Å²) in [5.74, 6) is 0.00222. The topological polar surface area (TPSA) is 43.4 Å². The molecular weight excluding hydrogens is 192 g/mol. The molecule has 0 heterocycles. The van der Waals surface area contributed by atoms with Crippen LogP contribution in [0.4, 0.5) is 0 Å². The highest BCUT2D eigenvalue weighted by Crippen LogP contribution is 2.17. The van der Waals surface area contributed by atoms with Crippen molar-refractivity contribution in [3.8, 4) is 0 Å². The van der Waals surface area contributed by atoms with E-state index >= 15 is 0 Å². The van der Waals surface area contributed by atoms with Gasteiger partial charge in [-0.15, -0.1) is 0 Å². The Kier molecular flexibility index (Phi) is 7.96. The van der Waals surface area contributed by atoms with Crippen LogP contribution in [0.5, 0.6) is 0 Å². The molecule has 88 valence electrons. The third-order valence-electron chi connectivity index (χ3n) is 2.66. The first kappa shape index (κ1) is 14.1. The van der Waals surface area contributed by atoms with Gasteiger partial charge in [0.2, 0.25) is 0 Å². The third kappa shape index (κ3) is 7.11. The van der Waals surface area contributed by atoms with Crippen molar-refractivity contribution < 1.29 is 14.3 Å². The highest BCUT2D eigenvalue weighted by Gasteiger charge is 2.15. The number of Topliss-reactive ketones (excluding diaryl/α,β-unsaturated/α-hetero) is 1. The predicted molar refractivity (Wildman–Crippen MR) is 59.6 cm³/mol. The summed E-state index contributed by atoms with van der Waals surface area (Å²) >= 11 is 0. The van der Waals surface area contributed by atoms with Crippen LogP contribution in [0, 0.1) is 5.92 Å². The fourth-order valence-electron chi connectivity index (χ4n) is 1.59. The molecule has 0 amide bonds. The molecule has 0 bridgehead atoms. The van der Waals surface area contributed by atoms with Crippen LogP contribution in [0.3, 0.4) is 0 Å². The van der Waals surface area contributed by atoms with Crippen molar-refractivity contribution in [2.45, 2.75) is 52.4 Å². The Morgan fingerprint density at radius 1 is 1.20 bits per heavy atom. The lowest BCUT2D eigenvalue weighted by Crippen LogP contribution is -2.13. The number of methoxy groups -OCH3 is 1. The first-order valence-electron chi connectivity index (χ1n) is 5.69. The summed E-state index contributed by atoms with van der Waals surface area (Å²) in [4.78, 5) is 22.2. The minimum absolute atomic E-state index is 0.0376. The van der Waals surface area contributed by atoms with Crippen LogP contribution < -0.4 is 0 Å². The lowest BCUT2D eigenvalue weighted by molar-refractivity contribution is -0.141. The summed E-state index contributed by atoms with van der Waals surface area (Å²) in [6.45, 7) is 3.74. The van der Waals surface area contributed by atoms with Gasteiger partial charge in [-0.25, -0.2) is 0 Å². The minimum atomic E-state index is -0.225. The molecule has 0 radical (unpaired) electrons. The first-order chi connectivity index (χ1) is 7.11. The number of hydrogen-bond acceptors (Lipinski definition) is 3. The molecule has 15 heavy (non-hydrogen) atoms. The van der Waals surface area contributed by atoms with E-state index < -0.39 is 0 Å². The van der Waals surface area contributed by atoms with Crippen molar-refractivity contribution in [3.05, 3.63) is 0 Å². The number of carbonyl (C=O) groups excluding carboxylic acids is 2. The van der Waals surface area contributed by atoms with E-state index in [0.29, 0.717) is 12.8 Å². The van der Waals surface area contributed by atoms with E-state index in [2.05, 4.69) is 11.7 Å². The molecule has 1 unspecified atom stereocenters. The zero-order valence-electron chi connectivity index (χ0n) is 10.0. The number of ketones is 1. The molecule has 1 atom stereocenters. The highest BCUT2D eigenvalue weighted by atomic mass is 16.5. The normalized spacial score (nSPS) is 12.2. The molecule has 0 aromatic carbocycles. The maximum Gasteiger partial charge on any atom is 0.305 e. The van der Waals surface area contributed by atoms with E-state index in [-0.39, 0.29) is 17.7 Å². The quantitative estimate of drug-likeness (QED) is 0.461. The Balaban J connectivity index is 3.83. The minimum Gasteiger partial charge on any atom is -0.469 e. The molecule has 0 saturated carbocycles. The van der Waals surface area contributed by atoms with Gasteiger partial charge in [0.25, 0.3) is 0 Å². The molecule has 0 aromatic heterocycles. The molecule has 0 N–H and O–H groups in total. The van der Waals surface area contributed by atoms with Gasteiger partial charge in [0.15, 0.2) is 0 Å². The number of carbonyl (C=O) groups is 2. The van der Waals surface area contributed by atoms with Crippen molar-refractivity contribution in [2.75, 3.05) is 7.11 Å². The van der Waals surface area contributed by atoms with E-state index in [0.717, 1.165) is 25.7 Å². The van der Waals surface area contributed by atoms with E-state index in [1.165, 1.54) is 7.11 Å². The zero-order valence-corrected chi connectivity index (χ0v) is 10.0. The van der Waals surface area contributed by atoms with E-state index in [4.69, 9.17) is 0 Å². The Bertz CT molecular complexity index is 199. The fraction of sp³-hybridized carbons (Fsp3) is 0.833. The summed E-state index contributed by atoms with van der Waals surface area (Å²) in [5, 5.41) is 0. The Labute approximate surface area is 92.2 Å². The van der Waals surface area contributed by atoms with Gasteiger partial charge in [0.05, 0.1) is 7.11 Å². The second kappa shape index (κ2) is 8.45. The smallest absolute Gasteiger partial charge is 0.305 e. The Morgan fingerprint density at radius 2 is 1.87 bits per heavy atom. The maximum absolute atomic E-state index is 11.3. The highest BCUT2D eigenvalue weighted by molar-refractivity contribution is 5.79. The number of esters is 1. The molecule has 3 nitrogen and oxygen atoms in total. The summed E-state index contributed by atoms with van der Waals surface area (Å²) in [7, 11) is 1.38. The van der Waals surface area contributed by atoms with Gasteiger partial charge in [0.1, 0.15) is 5.78 Å². The van der Waals surface area contributed by atoms with Crippen molar-refractivity contribution in [1.82, 2.24) is 0 Å². The summed E-state index contributed by atoms with van der Waals surface area (Å²) in [6.07, 6.45) is 5.27. The molecule has 0 aromatic rings. The van der Waals surface area contributed by atoms with Crippen LogP contribution in [0.1, 0.15) is 52.4 Å². The van der Waals surface area contributed by atoms with Crippen molar-refractivity contribution in [1.29, 1.82) is 0 Å². The third-order valence-corrected chi connectivity index (χ3v) is 2.66. The molecule has 0 aliphatic rings. The van der Waals surface area contributed by atoms with Crippen LogP contribution >= 0.6 is 0 Å². The van der Waals surface area contributed by atoms with Crippen LogP contribution in [0.15, 0.2) is 0 Å². The number of rotatable bonds is 8. The maximum atomic E-state index is 11.3. The van der Waals surface area contributed by atoms with Crippen LogP contribution in [-0.2, 0) is 14.3 Å². The number of unbranched alkanes of at least 4 members (excludes halogenated alkanes) is 2. The zero-order chi connectivity index (χ0) is 11.7. The monoisotopic (exact) mass is 214 g/mol. The lowest BCUT2D eigenvalue weighted by atomic mass is 9.93. The van der Waals surface area contributed by atoms with Crippen LogP contribution in [0.2, 0.25) is 0 Å². The van der Waals surface area contributed by atoms with Gasteiger partial charge in [-0.1, -0.05) is 26.2 Å². The van der Waals surface area contributed by atoms with Gasteiger partial charge >= 0.3 is 5.97 Å². The molecule has 3 heteroatoms. The summed E-state index contributed by atoms with van der Waals surface area (Å²) < 4.78 is 4.56. The second-order valence-corrected chi connectivity index (χ2v) is 3.92. The Morgan fingerprint density at radius 3 is 2.33 bits per heavy atom. The molecule has 0 rings (SSSR count). The summed E-state index contributed by atoms with van der Waals surface area (Å²) in [5.41, 5.74) is 0. The number of hydrogen-bond donors (Lipinski definition) is 0. The molecular formula is C12H22O3. The Hall–Kier alpha value is -0.860. The molecule has 0 aliphatic heterocycles. The van der Waals surface area contributed by atoms with Crippen molar-refractivity contribution in [2.24, 2.45) is 5.92 Å². The lowest BCUT2D eigenvalue weighted by Gasteiger charge is -2.12. The molecule has 0 fully saturated rings. The molecule has 0 spiro atoms. The van der Waals surface area contributed by atoms with Gasteiger partial charge in [0, 0.05) is 12.3 Å². The van der Waals surface area contributed by atoms with Gasteiger partial charge in [-0.05, 0) is 19.8 Å². The van der Waals surface area contributed by atoms with Crippen LogP contribution in [0.25, 0.3) is 0 Å². The van der Waals surface area contributed by atoms with E-state index in [1.54, 1.807) is 6.92 Å². The fourth-order valence-corrected chi connectivity index (χ4v) is 1.59. The van der Waals surface area contributed by atoms with E-state index in [9.17, 15) is 9.59 Å². The van der Waals surface area contributed by atoms with Gasteiger partial charge in [-0.3, -0.25) is 9.59 Å². The van der Waals surface area contributed by atoms with Crippen molar-refractivity contribution >= 4 is 11.8 Å². The standard InChI is InChI=1S/C12H22O3/c1-4-5-6-7-11(10(2)13)8-9-12(14)15-3/h11H,4-9H2,1-3H3. The number of ether oxygens (including phenoxy) is 1. The second-order valence-electron chi connectivity index (χ2n) is 3.92. The summed E-state index contributed by atoms with van der Waals surface area (Å²) in [6, 6.07) is 0. The van der Waals surface area contributed by atoms with Crippen LogP contribution in [-0.4, -0.2) is 18.9 Å². The van der Waals surface area contributed by atoms with E-state index in [1.807, 2.05) is 0 Å². The molecule has 0 saturated heterocycles. The van der Waals surface area contributed by atoms with Gasteiger partial charge < -0.3 is 4.74 Å². The molecule has 0 aliphatic carbocycles.